The van der Waals surface area contributed by atoms with Gasteiger partial charge in [-0.3, -0.25) is 0 Å². The summed E-state index contributed by atoms with van der Waals surface area (Å²) in [6, 6.07) is 7.09. The third kappa shape index (κ3) is 4.40. The van der Waals surface area contributed by atoms with Crippen LogP contribution in [-0.4, -0.2) is 24.7 Å². The highest BCUT2D eigenvalue weighted by Crippen LogP contribution is 2.38. The molecule has 0 aliphatic heterocycles. The predicted molar refractivity (Wildman–Crippen MR) is 93.5 cm³/mol. The molecule has 1 aromatic carbocycles. The molecule has 2 atom stereocenters. The number of unbranched alkanes of at least 4 members (excludes halogenated alkanes) is 2. The van der Waals surface area contributed by atoms with Gasteiger partial charge >= 0.3 is 0 Å². The van der Waals surface area contributed by atoms with Gasteiger partial charge in [0.25, 0.3) is 0 Å². The van der Waals surface area contributed by atoms with E-state index in [1.807, 2.05) is 0 Å². The number of methoxy groups -OCH3 is 1. The quantitative estimate of drug-likeness (QED) is 0.710. The minimum Gasteiger partial charge on any atom is -0.497 e. The van der Waals surface area contributed by atoms with Crippen LogP contribution in [0.25, 0.3) is 0 Å². The smallest absolute Gasteiger partial charge is 0.119 e. The van der Waals surface area contributed by atoms with Crippen molar-refractivity contribution in [3.8, 4) is 5.75 Å². The molecule has 21 heavy (non-hydrogen) atoms. The molecule has 2 nitrogen and oxygen atoms in total. The highest BCUT2D eigenvalue weighted by molar-refractivity contribution is 7.99. The lowest BCUT2D eigenvalue weighted by atomic mass is 9.87. The van der Waals surface area contributed by atoms with Gasteiger partial charge in [-0.2, -0.15) is 11.8 Å². The van der Waals surface area contributed by atoms with Crippen molar-refractivity contribution in [3.05, 3.63) is 29.3 Å². The fraction of sp³-hybridized carbons (Fsp3) is 0.667. The summed E-state index contributed by atoms with van der Waals surface area (Å²) < 4.78 is 5.37. The number of aryl methyl sites for hydroxylation is 1. The van der Waals surface area contributed by atoms with Crippen molar-refractivity contribution in [2.75, 3.05) is 19.4 Å². The summed E-state index contributed by atoms with van der Waals surface area (Å²) in [5.74, 6) is 2.28. The number of thioether (sulfide) groups is 1. The third-order valence-corrected chi connectivity index (χ3v) is 5.72. The van der Waals surface area contributed by atoms with E-state index in [9.17, 15) is 0 Å². The zero-order valence-electron chi connectivity index (χ0n) is 13.7. The van der Waals surface area contributed by atoms with E-state index in [1.165, 1.54) is 49.0 Å². The average Bonchev–Trinajstić information content (AvgIpc) is 2.52. The molecule has 1 aromatic rings. The van der Waals surface area contributed by atoms with Crippen LogP contribution in [0, 0.1) is 0 Å². The summed E-state index contributed by atoms with van der Waals surface area (Å²) in [5.41, 5.74) is 2.95. The molecule has 1 N–H and O–H groups in total. The molecule has 118 valence electrons. The number of nitrogens with one attached hydrogen (secondary N) is 1. The summed E-state index contributed by atoms with van der Waals surface area (Å²) >= 11 is 2.17. The van der Waals surface area contributed by atoms with E-state index in [0.717, 1.165) is 12.3 Å². The number of benzene rings is 1. The van der Waals surface area contributed by atoms with Crippen LogP contribution in [0.1, 0.15) is 56.7 Å². The molecule has 3 heteroatoms. The van der Waals surface area contributed by atoms with Crippen molar-refractivity contribution in [2.24, 2.45) is 0 Å². The van der Waals surface area contributed by atoms with Gasteiger partial charge in [0.1, 0.15) is 5.75 Å². The molecule has 0 bridgehead atoms. The van der Waals surface area contributed by atoms with E-state index in [-0.39, 0.29) is 0 Å². The first-order valence-corrected chi connectivity index (χ1v) is 9.36. The maximum absolute atomic E-state index is 5.37. The normalized spacial score (nSPS) is 21.1. The Morgan fingerprint density at radius 2 is 2.14 bits per heavy atom. The molecule has 0 saturated heterocycles. The van der Waals surface area contributed by atoms with E-state index in [2.05, 4.69) is 49.1 Å². The van der Waals surface area contributed by atoms with Gasteiger partial charge in [0, 0.05) is 11.3 Å². The number of fused-ring (bicyclic) bond motifs is 1. The van der Waals surface area contributed by atoms with Crippen LogP contribution in [0.3, 0.4) is 0 Å². The van der Waals surface area contributed by atoms with Crippen molar-refractivity contribution < 1.29 is 4.74 Å². The Morgan fingerprint density at radius 1 is 1.29 bits per heavy atom. The lowest BCUT2D eigenvalue weighted by Crippen LogP contribution is -2.34. The maximum atomic E-state index is 5.37. The second kappa shape index (κ2) is 8.70. The van der Waals surface area contributed by atoms with Crippen molar-refractivity contribution >= 4 is 11.8 Å². The lowest BCUT2D eigenvalue weighted by Gasteiger charge is -2.34. The molecule has 0 heterocycles. The van der Waals surface area contributed by atoms with E-state index in [1.54, 1.807) is 7.11 Å². The van der Waals surface area contributed by atoms with Crippen LogP contribution in [0.4, 0.5) is 0 Å². The largest absolute Gasteiger partial charge is 0.497 e. The molecule has 0 radical (unpaired) electrons. The van der Waals surface area contributed by atoms with Crippen LogP contribution in [0.5, 0.6) is 5.75 Å². The molecule has 1 aliphatic rings. The highest BCUT2D eigenvalue weighted by atomic mass is 32.2. The second-order valence-corrected chi connectivity index (χ2v) is 7.10. The molecular weight excluding hydrogens is 278 g/mol. The number of ether oxygens (including phenoxy) is 1. The van der Waals surface area contributed by atoms with Gasteiger partial charge < -0.3 is 10.1 Å². The summed E-state index contributed by atoms with van der Waals surface area (Å²) in [7, 11) is 1.75. The van der Waals surface area contributed by atoms with Crippen molar-refractivity contribution in [1.29, 1.82) is 0 Å². The van der Waals surface area contributed by atoms with E-state index < -0.39 is 0 Å². The summed E-state index contributed by atoms with van der Waals surface area (Å²) in [6.07, 6.45) is 6.48. The van der Waals surface area contributed by atoms with Gasteiger partial charge in [0.2, 0.25) is 0 Å². The zero-order valence-corrected chi connectivity index (χ0v) is 14.5. The Hall–Kier alpha value is -0.670. The minimum absolute atomic E-state index is 0.497. The Balaban J connectivity index is 2.07. The molecule has 2 rings (SSSR count). The molecule has 0 saturated carbocycles. The van der Waals surface area contributed by atoms with Crippen LogP contribution < -0.4 is 10.1 Å². The SMILES string of the molecule is CCCCCSC1CCc2cc(OC)ccc2C1NCC. The van der Waals surface area contributed by atoms with E-state index >= 15 is 0 Å². The van der Waals surface area contributed by atoms with E-state index in [0.29, 0.717) is 11.3 Å². The minimum atomic E-state index is 0.497. The highest BCUT2D eigenvalue weighted by Gasteiger charge is 2.29. The maximum Gasteiger partial charge on any atom is 0.119 e. The van der Waals surface area contributed by atoms with Crippen LogP contribution in [-0.2, 0) is 6.42 Å². The topological polar surface area (TPSA) is 21.3 Å². The Morgan fingerprint density at radius 3 is 2.86 bits per heavy atom. The van der Waals surface area contributed by atoms with Gasteiger partial charge in [-0.05, 0) is 54.8 Å². The zero-order chi connectivity index (χ0) is 15.1. The molecule has 0 spiro atoms. The fourth-order valence-electron chi connectivity index (χ4n) is 3.12. The van der Waals surface area contributed by atoms with Gasteiger partial charge in [-0.1, -0.05) is 32.8 Å². The summed E-state index contributed by atoms with van der Waals surface area (Å²) in [4.78, 5) is 0. The Bertz CT molecular complexity index is 435. The predicted octanol–water partition coefficient (Wildman–Crippen LogP) is 4.58. The molecular formula is C18H29NOS. The average molecular weight is 308 g/mol. The summed E-state index contributed by atoms with van der Waals surface area (Å²) in [5, 5.41) is 4.42. The van der Waals surface area contributed by atoms with Gasteiger partial charge in [0.05, 0.1) is 7.11 Å². The molecule has 1 aliphatic carbocycles. The van der Waals surface area contributed by atoms with Crippen LogP contribution in [0.15, 0.2) is 18.2 Å². The lowest BCUT2D eigenvalue weighted by molar-refractivity contribution is 0.411. The molecule has 2 unspecified atom stereocenters. The van der Waals surface area contributed by atoms with Gasteiger partial charge in [-0.15, -0.1) is 0 Å². The van der Waals surface area contributed by atoms with Crippen molar-refractivity contribution in [2.45, 2.75) is 57.2 Å². The van der Waals surface area contributed by atoms with Crippen LogP contribution >= 0.6 is 11.8 Å². The van der Waals surface area contributed by atoms with Crippen molar-refractivity contribution in [3.63, 3.8) is 0 Å². The first-order chi connectivity index (χ1) is 10.3. The monoisotopic (exact) mass is 307 g/mol. The number of hydrogen-bond donors (Lipinski definition) is 1. The molecule has 0 aromatic heterocycles. The van der Waals surface area contributed by atoms with Gasteiger partial charge in [0.15, 0.2) is 0 Å². The third-order valence-electron chi connectivity index (χ3n) is 4.26. The Kier molecular flexibility index (Phi) is 6.91. The fourth-order valence-corrected chi connectivity index (χ4v) is 4.51. The number of rotatable bonds is 8. The standard InChI is InChI=1S/C18H29NOS/c1-4-6-7-12-21-17-11-8-14-13-15(20-3)9-10-16(14)18(17)19-5-2/h9-10,13,17-19H,4-8,11-12H2,1-3H3. The number of hydrogen-bond acceptors (Lipinski definition) is 3. The Labute approximate surface area is 134 Å². The van der Waals surface area contributed by atoms with Gasteiger partial charge in [-0.25, -0.2) is 0 Å². The first kappa shape index (κ1) is 16.7. The van der Waals surface area contributed by atoms with E-state index in [4.69, 9.17) is 4.74 Å². The van der Waals surface area contributed by atoms with Crippen molar-refractivity contribution in [1.82, 2.24) is 5.32 Å². The summed E-state index contributed by atoms with van der Waals surface area (Å²) in [6.45, 7) is 5.51. The molecule has 0 amide bonds. The first-order valence-electron chi connectivity index (χ1n) is 8.32. The molecule has 0 fully saturated rings. The second-order valence-electron chi connectivity index (χ2n) is 5.76. The van der Waals surface area contributed by atoms with Crippen LogP contribution in [0.2, 0.25) is 0 Å².